The number of amides is 1. The quantitative estimate of drug-likeness (QED) is 0.606. The zero-order valence-corrected chi connectivity index (χ0v) is 11.8. The molecule has 4 rings (SSSR count). The monoisotopic (exact) mass is 273 g/mol. The first-order valence-corrected chi connectivity index (χ1v) is 7.12. The van der Waals surface area contributed by atoms with Crippen LogP contribution in [0, 0.1) is 0 Å². The van der Waals surface area contributed by atoms with Crippen molar-refractivity contribution in [3.63, 3.8) is 0 Å². The number of anilines is 1. The van der Waals surface area contributed by atoms with E-state index >= 15 is 0 Å². The van der Waals surface area contributed by atoms with Crippen LogP contribution in [0.5, 0.6) is 0 Å². The summed E-state index contributed by atoms with van der Waals surface area (Å²) in [5.41, 5.74) is 4.12. The minimum atomic E-state index is 0.0701. The highest BCUT2D eigenvalue weighted by molar-refractivity contribution is 6.10. The fourth-order valence-corrected chi connectivity index (χ4v) is 3.12. The van der Waals surface area contributed by atoms with Gasteiger partial charge in [-0.3, -0.25) is 4.79 Å². The summed E-state index contributed by atoms with van der Waals surface area (Å²) in [6, 6.07) is 20.5. The predicted molar refractivity (Wildman–Crippen MR) is 85.9 cm³/mol. The van der Waals surface area contributed by atoms with Crippen molar-refractivity contribution in [1.29, 1.82) is 0 Å². The second-order valence-corrected chi connectivity index (χ2v) is 5.53. The molecule has 0 saturated carbocycles. The summed E-state index contributed by atoms with van der Waals surface area (Å²) in [4.78, 5) is 14.5. The van der Waals surface area contributed by atoms with Crippen LogP contribution in [0.25, 0.3) is 10.8 Å². The largest absolute Gasteiger partial charge is 0.311 e. The first kappa shape index (κ1) is 12.2. The van der Waals surface area contributed by atoms with Crippen molar-refractivity contribution in [3.8, 4) is 0 Å². The fourth-order valence-electron chi connectivity index (χ4n) is 3.12. The summed E-state index contributed by atoms with van der Waals surface area (Å²) in [5.74, 6) is 0.0701. The standard InChI is InChI=1S/C19H15NO/c1-20-18-9-5-4-8-15(18)11-16-10-13-6-2-3-7-14(13)12-17(16)19(20)21/h2-10,12H,11H2,1H3. The Balaban J connectivity index is 2.00. The average Bonchev–Trinajstić information content (AvgIpc) is 2.62. The molecular formula is C19H15NO. The molecule has 2 nitrogen and oxygen atoms in total. The van der Waals surface area contributed by atoms with Crippen LogP contribution in [0.15, 0.2) is 60.7 Å². The Labute approximate surface area is 123 Å². The molecule has 0 bridgehead atoms. The van der Waals surface area contributed by atoms with Crippen LogP contribution in [-0.4, -0.2) is 13.0 Å². The highest BCUT2D eigenvalue weighted by Gasteiger charge is 2.24. The molecule has 0 spiro atoms. The molecule has 1 amide bonds. The van der Waals surface area contributed by atoms with Crippen LogP contribution >= 0.6 is 0 Å². The lowest BCUT2D eigenvalue weighted by Gasteiger charge is -2.17. The van der Waals surface area contributed by atoms with Gasteiger partial charge < -0.3 is 4.90 Å². The van der Waals surface area contributed by atoms with E-state index in [0.29, 0.717) is 0 Å². The number of para-hydroxylation sites is 1. The number of benzene rings is 3. The molecule has 102 valence electrons. The molecule has 0 aromatic heterocycles. The molecule has 1 aliphatic heterocycles. The number of carbonyl (C=O) groups is 1. The molecule has 1 heterocycles. The van der Waals surface area contributed by atoms with Crippen molar-refractivity contribution in [3.05, 3.63) is 77.4 Å². The van der Waals surface area contributed by atoms with Crippen LogP contribution < -0.4 is 4.90 Å². The third-order valence-electron chi connectivity index (χ3n) is 4.24. The van der Waals surface area contributed by atoms with E-state index in [4.69, 9.17) is 0 Å². The number of rotatable bonds is 0. The van der Waals surface area contributed by atoms with Crippen molar-refractivity contribution in [1.82, 2.24) is 0 Å². The van der Waals surface area contributed by atoms with Crippen molar-refractivity contribution in [2.75, 3.05) is 11.9 Å². The highest BCUT2D eigenvalue weighted by Crippen LogP contribution is 2.31. The lowest BCUT2D eigenvalue weighted by atomic mass is 9.96. The molecule has 0 saturated heterocycles. The number of fused-ring (bicyclic) bond motifs is 3. The van der Waals surface area contributed by atoms with E-state index in [1.54, 1.807) is 4.90 Å². The minimum Gasteiger partial charge on any atom is -0.311 e. The van der Waals surface area contributed by atoms with Crippen LogP contribution in [0.3, 0.4) is 0 Å². The topological polar surface area (TPSA) is 20.3 Å². The SMILES string of the molecule is CN1C(=O)c2cc3ccccc3cc2Cc2ccccc21. The molecule has 0 unspecified atom stereocenters. The Kier molecular flexibility index (Phi) is 2.58. The highest BCUT2D eigenvalue weighted by atomic mass is 16.2. The third kappa shape index (κ3) is 1.83. The second kappa shape index (κ2) is 4.45. The van der Waals surface area contributed by atoms with E-state index < -0.39 is 0 Å². The molecule has 0 N–H and O–H groups in total. The van der Waals surface area contributed by atoms with Crippen molar-refractivity contribution < 1.29 is 4.79 Å². The fraction of sp³-hybridized carbons (Fsp3) is 0.105. The van der Waals surface area contributed by atoms with Gasteiger partial charge in [0.2, 0.25) is 0 Å². The van der Waals surface area contributed by atoms with Crippen LogP contribution in [0.2, 0.25) is 0 Å². The lowest BCUT2D eigenvalue weighted by molar-refractivity contribution is 0.0993. The Bertz CT molecular complexity index is 866. The van der Waals surface area contributed by atoms with Crippen molar-refractivity contribution >= 4 is 22.4 Å². The summed E-state index contributed by atoms with van der Waals surface area (Å²) in [5, 5.41) is 2.30. The van der Waals surface area contributed by atoms with E-state index in [1.807, 2.05) is 43.4 Å². The Morgan fingerprint density at radius 1 is 0.857 bits per heavy atom. The first-order valence-electron chi connectivity index (χ1n) is 7.12. The van der Waals surface area contributed by atoms with Gasteiger partial charge in [-0.25, -0.2) is 0 Å². The molecule has 0 aliphatic carbocycles. The summed E-state index contributed by atoms with van der Waals surface area (Å²) in [6.45, 7) is 0. The van der Waals surface area contributed by atoms with Gasteiger partial charge in [-0.2, -0.15) is 0 Å². The summed E-state index contributed by atoms with van der Waals surface area (Å²) in [7, 11) is 1.85. The van der Waals surface area contributed by atoms with Crippen LogP contribution in [0.1, 0.15) is 21.5 Å². The van der Waals surface area contributed by atoms with Gasteiger partial charge in [-0.15, -0.1) is 0 Å². The number of hydrogen-bond acceptors (Lipinski definition) is 1. The zero-order chi connectivity index (χ0) is 14.4. The van der Waals surface area contributed by atoms with Gasteiger partial charge in [0.25, 0.3) is 5.91 Å². The molecule has 0 radical (unpaired) electrons. The summed E-state index contributed by atoms with van der Waals surface area (Å²) < 4.78 is 0. The Morgan fingerprint density at radius 3 is 2.33 bits per heavy atom. The zero-order valence-electron chi connectivity index (χ0n) is 11.8. The van der Waals surface area contributed by atoms with E-state index in [0.717, 1.165) is 28.6 Å². The van der Waals surface area contributed by atoms with Crippen molar-refractivity contribution in [2.24, 2.45) is 0 Å². The second-order valence-electron chi connectivity index (χ2n) is 5.53. The maximum atomic E-state index is 12.8. The smallest absolute Gasteiger partial charge is 0.258 e. The molecule has 0 atom stereocenters. The van der Waals surface area contributed by atoms with E-state index in [-0.39, 0.29) is 5.91 Å². The average molecular weight is 273 g/mol. The van der Waals surface area contributed by atoms with Crippen molar-refractivity contribution in [2.45, 2.75) is 6.42 Å². The normalized spacial score (nSPS) is 13.8. The lowest BCUT2D eigenvalue weighted by Crippen LogP contribution is -2.26. The summed E-state index contributed by atoms with van der Waals surface area (Å²) in [6.07, 6.45) is 0.798. The molecule has 3 aromatic rings. The molecule has 1 aliphatic rings. The van der Waals surface area contributed by atoms with E-state index in [9.17, 15) is 4.79 Å². The Morgan fingerprint density at radius 2 is 1.52 bits per heavy atom. The van der Waals surface area contributed by atoms with E-state index in [2.05, 4.69) is 24.3 Å². The van der Waals surface area contributed by atoms with Gasteiger partial charge in [-0.1, -0.05) is 48.5 Å². The molecular weight excluding hydrogens is 258 g/mol. The number of carbonyl (C=O) groups excluding carboxylic acids is 1. The first-order chi connectivity index (χ1) is 10.2. The van der Waals surface area contributed by atoms with Gasteiger partial charge in [0.15, 0.2) is 0 Å². The van der Waals surface area contributed by atoms with Gasteiger partial charge in [0.05, 0.1) is 0 Å². The predicted octanol–water partition coefficient (Wildman–Crippen LogP) is 4.02. The van der Waals surface area contributed by atoms with Crippen LogP contribution in [0.4, 0.5) is 5.69 Å². The van der Waals surface area contributed by atoms with Crippen LogP contribution in [-0.2, 0) is 6.42 Å². The Hall–Kier alpha value is -2.61. The van der Waals surface area contributed by atoms with Gasteiger partial charge in [0.1, 0.15) is 0 Å². The minimum absolute atomic E-state index is 0.0701. The maximum absolute atomic E-state index is 12.8. The molecule has 3 aromatic carbocycles. The van der Waals surface area contributed by atoms with Gasteiger partial charge in [-0.05, 0) is 34.0 Å². The molecule has 21 heavy (non-hydrogen) atoms. The third-order valence-corrected chi connectivity index (χ3v) is 4.24. The van der Waals surface area contributed by atoms with E-state index in [1.165, 1.54) is 10.9 Å². The van der Waals surface area contributed by atoms with Gasteiger partial charge >= 0.3 is 0 Å². The molecule has 0 fully saturated rings. The number of nitrogens with zero attached hydrogens (tertiary/aromatic N) is 1. The summed E-state index contributed by atoms with van der Waals surface area (Å²) >= 11 is 0. The molecule has 2 heteroatoms. The van der Waals surface area contributed by atoms with Gasteiger partial charge in [0, 0.05) is 24.7 Å². The number of hydrogen-bond donors (Lipinski definition) is 0. The maximum Gasteiger partial charge on any atom is 0.258 e.